The number of ether oxygens (including phenoxy) is 2. The number of Topliss-reactive ketones (excluding diaryl/α,β-unsaturated/α-hetero) is 1. The van der Waals surface area contributed by atoms with Crippen LogP contribution in [0, 0.1) is 0 Å². The van der Waals surface area contributed by atoms with Crippen LogP contribution >= 0.6 is 11.3 Å². The molecule has 0 amide bonds. The van der Waals surface area contributed by atoms with Crippen molar-refractivity contribution in [3.8, 4) is 0 Å². The third-order valence-electron chi connectivity index (χ3n) is 5.30. The van der Waals surface area contributed by atoms with Crippen molar-refractivity contribution in [2.75, 3.05) is 13.2 Å². The van der Waals surface area contributed by atoms with Crippen molar-refractivity contribution in [1.29, 1.82) is 0 Å². The standard InChI is InChI=1S/C20H23NO4S/c1-12-17(20(23)25-10-14-4-3-8-24-14)18(13-7-9-26-11-13)19-15(21-12)5-2-6-16(19)22/h7,9,11,14,18,21H,2-6,8,10H2,1H3/t14-,18+/m0/s1. The maximum atomic E-state index is 12.9. The molecule has 6 heteroatoms. The first-order chi connectivity index (χ1) is 12.6. The van der Waals surface area contributed by atoms with E-state index in [1.807, 2.05) is 23.8 Å². The summed E-state index contributed by atoms with van der Waals surface area (Å²) >= 11 is 1.57. The molecule has 1 aromatic rings. The number of nitrogens with one attached hydrogen (secondary N) is 1. The van der Waals surface area contributed by atoms with E-state index in [2.05, 4.69) is 5.32 Å². The second-order valence-electron chi connectivity index (χ2n) is 7.06. The van der Waals surface area contributed by atoms with Gasteiger partial charge in [-0.3, -0.25) is 4.79 Å². The molecule has 0 saturated carbocycles. The molecule has 1 aliphatic carbocycles. The van der Waals surface area contributed by atoms with E-state index in [1.165, 1.54) is 0 Å². The summed E-state index contributed by atoms with van der Waals surface area (Å²) in [7, 11) is 0. The summed E-state index contributed by atoms with van der Waals surface area (Å²) in [5.41, 5.74) is 4.03. The van der Waals surface area contributed by atoms with Crippen molar-refractivity contribution in [3.63, 3.8) is 0 Å². The Labute approximate surface area is 157 Å². The fourth-order valence-electron chi connectivity index (χ4n) is 4.05. The van der Waals surface area contributed by atoms with E-state index < -0.39 is 0 Å². The van der Waals surface area contributed by atoms with Crippen molar-refractivity contribution in [1.82, 2.24) is 5.32 Å². The summed E-state index contributed by atoms with van der Waals surface area (Å²) in [6, 6.07) is 1.99. The Hall–Kier alpha value is -1.92. The van der Waals surface area contributed by atoms with Crippen molar-refractivity contribution >= 4 is 23.1 Å². The first-order valence-electron chi connectivity index (χ1n) is 9.20. The lowest BCUT2D eigenvalue weighted by Crippen LogP contribution is -2.34. The lowest BCUT2D eigenvalue weighted by Gasteiger charge is -2.33. The average Bonchev–Trinajstić information content (AvgIpc) is 3.32. The van der Waals surface area contributed by atoms with Gasteiger partial charge in [0.1, 0.15) is 6.61 Å². The van der Waals surface area contributed by atoms with Crippen LogP contribution in [0.3, 0.4) is 0 Å². The van der Waals surface area contributed by atoms with E-state index in [0.29, 0.717) is 12.0 Å². The largest absolute Gasteiger partial charge is 0.459 e. The number of esters is 1. The van der Waals surface area contributed by atoms with Gasteiger partial charge in [0.05, 0.1) is 11.7 Å². The molecular weight excluding hydrogens is 350 g/mol. The SMILES string of the molecule is CC1=C(C(=O)OC[C@@H]2CCCO2)[C@@H](c2ccsc2)C2=C(CCCC2=O)N1. The molecule has 0 bridgehead atoms. The van der Waals surface area contributed by atoms with Crippen LogP contribution in [-0.4, -0.2) is 31.1 Å². The van der Waals surface area contributed by atoms with Gasteiger partial charge in [-0.15, -0.1) is 0 Å². The molecule has 5 nitrogen and oxygen atoms in total. The number of hydrogen-bond acceptors (Lipinski definition) is 6. The number of rotatable bonds is 4. The van der Waals surface area contributed by atoms with Gasteiger partial charge in [0.25, 0.3) is 0 Å². The zero-order valence-electron chi connectivity index (χ0n) is 14.9. The molecule has 0 spiro atoms. The van der Waals surface area contributed by atoms with E-state index >= 15 is 0 Å². The minimum absolute atomic E-state index is 0.0120. The van der Waals surface area contributed by atoms with Crippen molar-refractivity contribution in [2.45, 2.75) is 51.0 Å². The van der Waals surface area contributed by atoms with Gasteiger partial charge in [-0.25, -0.2) is 4.79 Å². The minimum atomic E-state index is -0.355. The van der Waals surface area contributed by atoms with E-state index in [9.17, 15) is 9.59 Å². The quantitative estimate of drug-likeness (QED) is 0.819. The van der Waals surface area contributed by atoms with Crippen LogP contribution in [-0.2, 0) is 19.1 Å². The van der Waals surface area contributed by atoms with Crippen LogP contribution in [0.4, 0.5) is 0 Å². The highest BCUT2D eigenvalue weighted by Gasteiger charge is 2.39. The van der Waals surface area contributed by atoms with Gasteiger partial charge >= 0.3 is 5.97 Å². The topological polar surface area (TPSA) is 64.6 Å². The second kappa shape index (κ2) is 7.37. The van der Waals surface area contributed by atoms with Gasteiger partial charge in [-0.2, -0.15) is 11.3 Å². The summed E-state index contributed by atoms with van der Waals surface area (Å²) in [5.74, 6) is -0.555. The maximum absolute atomic E-state index is 12.9. The first-order valence-corrected chi connectivity index (χ1v) is 10.1. The van der Waals surface area contributed by atoms with Crippen LogP contribution in [0.15, 0.2) is 39.4 Å². The van der Waals surface area contributed by atoms with E-state index in [1.54, 1.807) is 11.3 Å². The van der Waals surface area contributed by atoms with Gasteiger partial charge < -0.3 is 14.8 Å². The third kappa shape index (κ3) is 3.23. The molecule has 3 aliphatic rings. The summed E-state index contributed by atoms with van der Waals surface area (Å²) < 4.78 is 11.1. The van der Waals surface area contributed by atoms with Crippen LogP contribution in [0.1, 0.15) is 50.5 Å². The summed E-state index contributed by atoms with van der Waals surface area (Å²) in [6.07, 6.45) is 4.16. The predicted molar refractivity (Wildman–Crippen MR) is 98.7 cm³/mol. The van der Waals surface area contributed by atoms with Crippen LogP contribution in [0.25, 0.3) is 0 Å². The number of carbonyl (C=O) groups is 2. The van der Waals surface area contributed by atoms with Crippen molar-refractivity contribution < 1.29 is 19.1 Å². The highest BCUT2D eigenvalue weighted by atomic mass is 32.1. The molecule has 26 heavy (non-hydrogen) atoms. The molecule has 4 rings (SSSR count). The Morgan fingerprint density at radius 1 is 1.38 bits per heavy atom. The maximum Gasteiger partial charge on any atom is 0.336 e. The molecule has 1 N–H and O–H groups in total. The number of carbonyl (C=O) groups excluding carboxylic acids is 2. The summed E-state index contributed by atoms with van der Waals surface area (Å²) in [4.78, 5) is 25.6. The molecule has 1 saturated heterocycles. The van der Waals surface area contributed by atoms with Crippen LogP contribution in [0.2, 0.25) is 0 Å². The fraction of sp³-hybridized carbons (Fsp3) is 0.500. The number of allylic oxidation sites excluding steroid dienone is 3. The molecule has 0 radical (unpaired) electrons. The fourth-order valence-corrected chi connectivity index (χ4v) is 4.73. The van der Waals surface area contributed by atoms with Gasteiger partial charge in [-0.05, 0) is 55.0 Å². The Bertz CT molecular complexity index is 772. The number of thiophene rings is 1. The number of dihydropyridines is 1. The Morgan fingerprint density at radius 3 is 3.00 bits per heavy atom. The zero-order chi connectivity index (χ0) is 18.1. The van der Waals surface area contributed by atoms with Crippen molar-refractivity contribution in [2.24, 2.45) is 0 Å². The number of ketones is 1. The Balaban J connectivity index is 1.64. The smallest absolute Gasteiger partial charge is 0.336 e. The highest BCUT2D eigenvalue weighted by Crippen LogP contribution is 2.43. The zero-order valence-corrected chi connectivity index (χ0v) is 15.7. The predicted octanol–water partition coefficient (Wildman–Crippen LogP) is 3.44. The van der Waals surface area contributed by atoms with Crippen molar-refractivity contribution in [3.05, 3.63) is 44.9 Å². The van der Waals surface area contributed by atoms with Gasteiger partial charge in [0, 0.05) is 35.9 Å². The third-order valence-corrected chi connectivity index (χ3v) is 6.00. The molecule has 0 aromatic carbocycles. The molecule has 138 valence electrons. The lowest BCUT2D eigenvalue weighted by molar-refractivity contribution is -0.142. The normalized spacial score (nSPS) is 26.0. The molecule has 2 aliphatic heterocycles. The van der Waals surface area contributed by atoms with Crippen LogP contribution < -0.4 is 5.32 Å². The minimum Gasteiger partial charge on any atom is -0.459 e. The van der Waals surface area contributed by atoms with E-state index in [0.717, 1.165) is 54.8 Å². The van der Waals surface area contributed by atoms with Gasteiger partial charge in [0.15, 0.2) is 5.78 Å². The summed E-state index contributed by atoms with van der Waals surface area (Å²) in [6.45, 7) is 2.89. The molecule has 2 atom stereocenters. The second-order valence-corrected chi connectivity index (χ2v) is 7.84. The summed E-state index contributed by atoms with van der Waals surface area (Å²) in [5, 5.41) is 7.31. The molecule has 0 unspecified atom stereocenters. The molecule has 1 fully saturated rings. The Morgan fingerprint density at radius 2 is 2.27 bits per heavy atom. The van der Waals surface area contributed by atoms with E-state index in [-0.39, 0.29) is 30.4 Å². The monoisotopic (exact) mass is 373 g/mol. The van der Waals surface area contributed by atoms with Gasteiger partial charge in [-0.1, -0.05) is 0 Å². The Kier molecular flexibility index (Phi) is 4.96. The number of hydrogen-bond donors (Lipinski definition) is 1. The molecular formula is C20H23NO4S. The van der Waals surface area contributed by atoms with Gasteiger partial charge in [0.2, 0.25) is 0 Å². The molecule has 1 aromatic heterocycles. The average molecular weight is 373 g/mol. The molecule has 3 heterocycles. The lowest BCUT2D eigenvalue weighted by atomic mass is 9.76. The highest BCUT2D eigenvalue weighted by molar-refractivity contribution is 7.08. The first kappa shape index (κ1) is 17.5. The van der Waals surface area contributed by atoms with Crippen LogP contribution in [0.5, 0.6) is 0 Å². The van der Waals surface area contributed by atoms with E-state index in [4.69, 9.17) is 9.47 Å².